The molecule has 0 amide bonds. The molecule has 3 N–H and O–H groups in total. The Kier molecular flexibility index (Phi) is 3.87. The Morgan fingerprint density at radius 2 is 2.11 bits per heavy atom. The largest absolute Gasteiger partial charge is 0.478 e. The van der Waals surface area contributed by atoms with Crippen molar-refractivity contribution in [1.29, 1.82) is 0 Å². The maximum absolute atomic E-state index is 11.0. The third kappa shape index (κ3) is 3.70. The van der Waals surface area contributed by atoms with Crippen molar-refractivity contribution in [1.82, 2.24) is 0 Å². The first-order valence-electron chi connectivity index (χ1n) is 5.19. The number of non-ortho nitro benzene ring substituents is 1. The highest BCUT2D eigenvalue weighted by Gasteiger charge is 2.18. The zero-order chi connectivity index (χ0) is 13.9. The van der Waals surface area contributed by atoms with E-state index < -0.39 is 16.5 Å². The molecule has 0 aliphatic heterocycles. The first kappa shape index (κ1) is 13.9. The van der Waals surface area contributed by atoms with Gasteiger partial charge in [0.2, 0.25) is 0 Å². The van der Waals surface area contributed by atoms with Crippen LogP contribution in [0.2, 0.25) is 0 Å². The van der Waals surface area contributed by atoms with Crippen molar-refractivity contribution in [2.45, 2.75) is 19.4 Å². The molecule has 1 rings (SSSR count). The van der Waals surface area contributed by atoms with Crippen LogP contribution in [0.1, 0.15) is 24.2 Å². The fourth-order valence-electron chi connectivity index (χ4n) is 1.29. The summed E-state index contributed by atoms with van der Waals surface area (Å²) in [6.45, 7) is 3.25. The summed E-state index contributed by atoms with van der Waals surface area (Å²) in [6, 6.07) is 3.50. The van der Waals surface area contributed by atoms with E-state index in [-0.39, 0.29) is 23.5 Å². The second-order valence-corrected chi connectivity index (χ2v) is 4.46. The third-order valence-corrected chi connectivity index (χ3v) is 2.16. The van der Waals surface area contributed by atoms with Gasteiger partial charge in [0.05, 0.1) is 16.1 Å². The maximum atomic E-state index is 11.0. The van der Waals surface area contributed by atoms with Crippen LogP contribution in [-0.4, -0.2) is 33.3 Å². The fraction of sp³-hybridized carbons (Fsp3) is 0.364. The molecular weight excluding hydrogens is 240 g/mol. The van der Waals surface area contributed by atoms with Crippen LogP contribution >= 0.6 is 0 Å². The van der Waals surface area contributed by atoms with E-state index in [9.17, 15) is 20.0 Å². The lowest BCUT2D eigenvalue weighted by molar-refractivity contribution is -0.384. The fourth-order valence-corrected chi connectivity index (χ4v) is 1.29. The quantitative estimate of drug-likeness (QED) is 0.541. The van der Waals surface area contributed by atoms with Crippen LogP contribution in [0, 0.1) is 10.1 Å². The van der Waals surface area contributed by atoms with Gasteiger partial charge in [-0.3, -0.25) is 10.1 Å². The summed E-state index contributed by atoms with van der Waals surface area (Å²) < 4.78 is 0. The zero-order valence-corrected chi connectivity index (χ0v) is 10.0. The zero-order valence-electron chi connectivity index (χ0n) is 10.0. The number of carboxylic acid groups (broad SMARTS) is 1. The van der Waals surface area contributed by atoms with Gasteiger partial charge in [-0.1, -0.05) is 0 Å². The van der Waals surface area contributed by atoms with Gasteiger partial charge >= 0.3 is 5.97 Å². The molecule has 0 heterocycles. The molecule has 1 aromatic carbocycles. The Labute approximate surface area is 103 Å². The van der Waals surface area contributed by atoms with E-state index in [1.54, 1.807) is 13.8 Å². The Balaban J connectivity index is 3.05. The Bertz CT molecular complexity index is 479. The molecule has 0 aliphatic carbocycles. The second-order valence-electron chi connectivity index (χ2n) is 4.46. The third-order valence-electron chi connectivity index (χ3n) is 2.16. The van der Waals surface area contributed by atoms with Crippen molar-refractivity contribution in [3.63, 3.8) is 0 Å². The van der Waals surface area contributed by atoms with Crippen molar-refractivity contribution in [2.75, 3.05) is 11.9 Å². The minimum absolute atomic E-state index is 0.130. The van der Waals surface area contributed by atoms with Gasteiger partial charge in [0, 0.05) is 24.4 Å². The average Bonchev–Trinajstić information content (AvgIpc) is 2.24. The molecular formula is C11H14N2O5. The van der Waals surface area contributed by atoms with Crippen molar-refractivity contribution >= 4 is 17.3 Å². The van der Waals surface area contributed by atoms with Gasteiger partial charge < -0.3 is 15.5 Å². The molecule has 7 nitrogen and oxygen atoms in total. The number of nitrogens with zero attached hydrogens (tertiary/aromatic N) is 1. The van der Waals surface area contributed by atoms with Crippen LogP contribution in [0.3, 0.4) is 0 Å². The smallest absolute Gasteiger partial charge is 0.338 e. The molecule has 0 atom stereocenters. The van der Waals surface area contributed by atoms with Crippen molar-refractivity contribution in [3.8, 4) is 0 Å². The molecule has 0 unspecified atom stereocenters. The summed E-state index contributed by atoms with van der Waals surface area (Å²) in [5, 5.41) is 31.8. The van der Waals surface area contributed by atoms with E-state index in [0.29, 0.717) is 0 Å². The molecule has 0 fully saturated rings. The lowest BCUT2D eigenvalue weighted by Gasteiger charge is -2.19. The lowest BCUT2D eigenvalue weighted by Crippen LogP contribution is -2.29. The molecule has 0 saturated carbocycles. The van der Waals surface area contributed by atoms with Gasteiger partial charge in [0.1, 0.15) is 0 Å². The summed E-state index contributed by atoms with van der Waals surface area (Å²) in [4.78, 5) is 20.9. The van der Waals surface area contributed by atoms with E-state index in [0.717, 1.165) is 6.07 Å². The van der Waals surface area contributed by atoms with Gasteiger partial charge in [-0.05, 0) is 19.9 Å². The topological polar surface area (TPSA) is 113 Å². The van der Waals surface area contributed by atoms with E-state index >= 15 is 0 Å². The Hall–Kier alpha value is -2.15. The number of rotatable bonds is 5. The number of carbonyl (C=O) groups is 1. The van der Waals surface area contributed by atoms with Crippen LogP contribution < -0.4 is 5.32 Å². The van der Waals surface area contributed by atoms with Crippen molar-refractivity contribution in [3.05, 3.63) is 33.9 Å². The molecule has 1 aromatic rings. The van der Waals surface area contributed by atoms with E-state index in [1.807, 2.05) is 0 Å². The summed E-state index contributed by atoms with van der Waals surface area (Å²) in [5.41, 5.74) is -1.28. The van der Waals surface area contributed by atoms with Gasteiger partial charge in [-0.2, -0.15) is 0 Å². The minimum atomic E-state index is -1.27. The van der Waals surface area contributed by atoms with Gasteiger partial charge in [-0.15, -0.1) is 0 Å². The monoisotopic (exact) mass is 254 g/mol. The van der Waals surface area contributed by atoms with Crippen molar-refractivity contribution < 1.29 is 19.9 Å². The number of nitrogens with one attached hydrogen (secondary N) is 1. The number of hydrogen-bond acceptors (Lipinski definition) is 5. The Morgan fingerprint density at radius 3 is 2.56 bits per heavy atom. The molecule has 18 heavy (non-hydrogen) atoms. The number of aromatic carboxylic acids is 1. The predicted molar refractivity (Wildman–Crippen MR) is 64.8 cm³/mol. The summed E-state index contributed by atoms with van der Waals surface area (Å²) >= 11 is 0. The standard InChI is InChI=1S/C11H14N2O5/c1-11(2,16)6-12-9-4-3-7(13(17)18)5-8(9)10(14)15/h3-5,12,16H,6H2,1-2H3,(H,14,15). The van der Waals surface area contributed by atoms with Crippen LogP contribution in [0.15, 0.2) is 18.2 Å². The van der Waals surface area contributed by atoms with Crippen LogP contribution in [-0.2, 0) is 0 Å². The number of carboxylic acids is 1. The van der Waals surface area contributed by atoms with Gasteiger partial charge in [0.25, 0.3) is 5.69 Å². The first-order valence-corrected chi connectivity index (χ1v) is 5.19. The number of benzene rings is 1. The SMILES string of the molecule is CC(C)(O)CNc1ccc([N+](=O)[O-])cc1C(=O)O. The highest BCUT2D eigenvalue weighted by molar-refractivity contribution is 5.95. The average molecular weight is 254 g/mol. The maximum Gasteiger partial charge on any atom is 0.338 e. The van der Waals surface area contributed by atoms with Crippen LogP contribution in [0.4, 0.5) is 11.4 Å². The summed E-state index contributed by atoms with van der Waals surface area (Å²) in [6.07, 6.45) is 0. The normalized spacial score (nSPS) is 11.1. The highest BCUT2D eigenvalue weighted by atomic mass is 16.6. The van der Waals surface area contributed by atoms with E-state index in [2.05, 4.69) is 5.32 Å². The number of hydrogen-bond donors (Lipinski definition) is 3. The molecule has 0 aromatic heterocycles. The van der Waals surface area contributed by atoms with Crippen LogP contribution in [0.25, 0.3) is 0 Å². The number of nitro groups is 1. The summed E-state index contributed by atoms with van der Waals surface area (Å²) in [7, 11) is 0. The number of nitro benzene ring substituents is 1. The molecule has 7 heteroatoms. The molecule has 0 bridgehead atoms. The molecule has 98 valence electrons. The molecule has 0 aliphatic rings. The van der Waals surface area contributed by atoms with E-state index in [1.165, 1.54) is 12.1 Å². The molecule has 0 radical (unpaired) electrons. The number of aliphatic hydroxyl groups is 1. The highest BCUT2D eigenvalue weighted by Crippen LogP contribution is 2.22. The second kappa shape index (κ2) is 5.01. The Morgan fingerprint density at radius 1 is 1.50 bits per heavy atom. The van der Waals surface area contributed by atoms with Gasteiger partial charge in [-0.25, -0.2) is 4.79 Å². The van der Waals surface area contributed by atoms with Crippen molar-refractivity contribution in [2.24, 2.45) is 0 Å². The van der Waals surface area contributed by atoms with E-state index in [4.69, 9.17) is 5.11 Å². The predicted octanol–water partition coefficient (Wildman–Crippen LogP) is 1.48. The first-order chi connectivity index (χ1) is 8.20. The lowest BCUT2D eigenvalue weighted by atomic mass is 10.1. The minimum Gasteiger partial charge on any atom is -0.478 e. The van der Waals surface area contributed by atoms with Gasteiger partial charge in [0.15, 0.2) is 0 Å². The van der Waals surface area contributed by atoms with Crippen LogP contribution in [0.5, 0.6) is 0 Å². The molecule has 0 spiro atoms. The molecule has 0 saturated heterocycles. The summed E-state index contributed by atoms with van der Waals surface area (Å²) in [5.74, 6) is -1.27. The number of anilines is 1.